The van der Waals surface area contributed by atoms with Crippen molar-refractivity contribution in [3.63, 3.8) is 0 Å². The number of anilines is 2. The summed E-state index contributed by atoms with van der Waals surface area (Å²) in [6.07, 6.45) is 0. The van der Waals surface area contributed by atoms with Crippen LogP contribution in [0.4, 0.5) is 11.4 Å². The van der Waals surface area contributed by atoms with Crippen molar-refractivity contribution >= 4 is 27.3 Å². The fraction of sp³-hybridized carbons (Fsp3) is 0.154. The van der Waals surface area contributed by atoms with Gasteiger partial charge in [-0.2, -0.15) is 0 Å². The van der Waals surface area contributed by atoms with Crippen molar-refractivity contribution in [3.05, 3.63) is 52.3 Å². The smallest absolute Gasteiger partial charge is 0.0597 e. The van der Waals surface area contributed by atoms with Crippen molar-refractivity contribution < 1.29 is 0 Å². The average molecular weight is 292 g/mol. The van der Waals surface area contributed by atoms with Crippen molar-refractivity contribution in [2.75, 3.05) is 11.1 Å². The van der Waals surface area contributed by atoms with Crippen LogP contribution in [0.1, 0.15) is 11.4 Å². The molecule has 17 heavy (non-hydrogen) atoms. The van der Waals surface area contributed by atoms with Gasteiger partial charge in [0.25, 0.3) is 0 Å². The molecule has 0 spiro atoms. The molecular weight excluding hydrogens is 278 g/mol. The molecule has 1 heterocycles. The van der Waals surface area contributed by atoms with Crippen LogP contribution in [0.15, 0.2) is 40.9 Å². The lowest BCUT2D eigenvalue weighted by molar-refractivity contribution is 1.02. The van der Waals surface area contributed by atoms with Crippen LogP contribution in [-0.4, -0.2) is 4.98 Å². The van der Waals surface area contributed by atoms with E-state index in [9.17, 15) is 0 Å². The standard InChI is InChI=1S/C13H14BrN3/c1-9-3-2-4-11(17-9)8-16-13-6-5-10(14)7-12(13)15/h2-7,16H,8,15H2,1H3. The van der Waals surface area contributed by atoms with E-state index in [0.717, 1.165) is 27.2 Å². The molecule has 0 aliphatic rings. The maximum atomic E-state index is 5.90. The zero-order valence-corrected chi connectivity index (χ0v) is 11.2. The Hall–Kier alpha value is -1.55. The Morgan fingerprint density at radius 3 is 2.82 bits per heavy atom. The van der Waals surface area contributed by atoms with Crippen LogP contribution in [0.5, 0.6) is 0 Å². The Balaban J connectivity index is 2.07. The van der Waals surface area contributed by atoms with E-state index in [0.29, 0.717) is 6.54 Å². The normalized spacial score (nSPS) is 10.2. The van der Waals surface area contributed by atoms with Gasteiger partial charge in [0.1, 0.15) is 0 Å². The van der Waals surface area contributed by atoms with Crippen LogP contribution in [0.25, 0.3) is 0 Å². The number of aromatic nitrogens is 1. The monoisotopic (exact) mass is 291 g/mol. The highest BCUT2D eigenvalue weighted by Crippen LogP contribution is 2.23. The summed E-state index contributed by atoms with van der Waals surface area (Å²) in [5.74, 6) is 0. The summed E-state index contributed by atoms with van der Waals surface area (Å²) in [6.45, 7) is 2.66. The van der Waals surface area contributed by atoms with E-state index in [2.05, 4.69) is 26.2 Å². The molecule has 88 valence electrons. The van der Waals surface area contributed by atoms with Gasteiger partial charge in [0, 0.05) is 10.2 Å². The second-order valence-electron chi connectivity index (χ2n) is 3.86. The lowest BCUT2D eigenvalue weighted by Crippen LogP contribution is -2.04. The third kappa shape index (κ3) is 3.20. The fourth-order valence-electron chi connectivity index (χ4n) is 1.58. The molecule has 0 aliphatic heterocycles. The SMILES string of the molecule is Cc1cccc(CNc2ccc(Br)cc2N)n1. The summed E-state index contributed by atoms with van der Waals surface area (Å²) in [5.41, 5.74) is 9.59. The van der Waals surface area contributed by atoms with Crippen molar-refractivity contribution in [2.45, 2.75) is 13.5 Å². The Bertz CT molecular complexity index is 526. The number of benzene rings is 1. The minimum absolute atomic E-state index is 0.674. The van der Waals surface area contributed by atoms with Gasteiger partial charge >= 0.3 is 0 Å². The zero-order chi connectivity index (χ0) is 12.3. The van der Waals surface area contributed by atoms with E-state index in [1.807, 2.05) is 43.3 Å². The molecule has 0 bridgehead atoms. The third-order valence-corrected chi connectivity index (χ3v) is 2.91. The predicted octanol–water partition coefficient (Wildman–Crippen LogP) is 3.35. The van der Waals surface area contributed by atoms with Crippen molar-refractivity contribution in [2.24, 2.45) is 0 Å². The number of hydrogen-bond donors (Lipinski definition) is 2. The highest BCUT2D eigenvalue weighted by Gasteiger charge is 2.00. The van der Waals surface area contributed by atoms with E-state index in [-0.39, 0.29) is 0 Å². The van der Waals surface area contributed by atoms with E-state index in [1.165, 1.54) is 0 Å². The molecular formula is C13H14BrN3. The molecule has 0 fully saturated rings. The van der Waals surface area contributed by atoms with Gasteiger partial charge in [0.2, 0.25) is 0 Å². The Morgan fingerprint density at radius 2 is 2.12 bits per heavy atom. The molecule has 2 rings (SSSR count). The van der Waals surface area contributed by atoms with Gasteiger partial charge in [-0.3, -0.25) is 4.98 Å². The summed E-state index contributed by atoms with van der Waals surface area (Å²) in [4.78, 5) is 4.42. The molecule has 0 atom stereocenters. The molecule has 0 saturated carbocycles. The van der Waals surface area contributed by atoms with Gasteiger partial charge in [0.05, 0.1) is 23.6 Å². The maximum Gasteiger partial charge on any atom is 0.0597 e. The number of nitrogens with two attached hydrogens (primary N) is 1. The first kappa shape index (κ1) is 11.9. The number of nitrogens with zero attached hydrogens (tertiary/aromatic N) is 1. The van der Waals surface area contributed by atoms with Crippen LogP contribution in [0.3, 0.4) is 0 Å². The van der Waals surface area contributed by atoms with E-state index in [4.69, 9.17) is 5.73 Å². The topological polar surface area (TPSA) is 50.9 Å². The minimum atomic E-state index is 0.674. The lowest BCUT2D eigenvalue weighted by Gasteiger charge is -2.09. The summed E-state index contributed by atoms with van der Waals surface area (Å²) >= 11 is 3.38. The van der Waals surface area contributed by atoms with Crippen LogP contribution in [-0.2, 0) is 6.54 Å². The van der Waals surface area contributed by atoms with Gasteiger partial charge in [0.15, 0.2) is 0 Å². The molecule has 1 aromatic carbocycles. The van der Waals surface area contributed by atoms with Gasteiger partial charge in [-0.1, -0.05) is 22.0 Å². The Morgan fingerprint density at radius 1 is 1.29 bits per heavy atom. The van der Waals surface area contributed by atoms with Gasteiger partial charge in [-0.15, -0.1) is 0 Å². The number of halogens is 1. The average Bonchev–Trinajstić information content (AvgIpc) is 2.28. The quantitative estimate of drug-likeness (QED) is 0.853. The summed E-state index contributed by atoms with van der Waals surface area (Å²) in [6, 6.07) is 11.8. The van der Waals surface area contributed by atoms with Crippen LogP contribution < -0.4 is 11.1 Å². The highest BCUT2D eigenvalue weighted by molar-refractivity contribution is 9.10. The second-order valence-corrected chi connectivity index (χ2v) is 4.77. The van der Waals surface area contributed by atoms with Crippen molar-refractivity contribution in [1.29, 1.82) is 0 Å². The number of rotatable bonds is 3. The molecule has 0 radical (unpaired) electrons. The van der Waals surface area contributed by atoms with Gasteiger partial charge in [-0.05, 0) is 37.3 Å². The van der Waals surface area contributed by atoms with Crippen LogP contribution >= 0.6 is 15.9 Å². The van der Waals surface area contributed by atoms with Crippen LogP contribution in [0.2, 0.25) is 0 Å². The lowest BCUT2D eigenvalue weighted by atomic mass is 10.2. The first-order chi connectivity index (χ1) is 8.15. The largest absolute Gasteiger partial charge is 0.397 e. The minimum Gasteiger partial charge on any atom is -0.397 e. The Kier molecular flexibility index (Phi) is 3.64. The summed E-state index contributed by atoms with van der Waals surface area (Å²) in [5, 5.41) is 3.28. The number of pyridine rings is 1. The zero-order valence-electron chi connectivity index (χ0n) is 9.57. The Labute approximate surface area is 109 Å². The van der Waals surface area contributed by atoms with Crippen LogP contribution in [0, 0.1) is 6.92 Å². The summed E-state index contributed by atoms with van der Waals surface area (Å²) < 4.78 is 0.981. The molecule has 3 nitrogen and oxygen atoms in total. The summed E-state index contributed by atoms with van der Waals surface area (Å²) in [7, 11) is 0. The molecule has 0 aliphatic carbocycles. The number of nitrogen functional groups attached to an aromatic ring is 1. The number of nitrogens with one attached hydrogen (secondary N) is 1. The second kappa shape index (κ2) is 5.19. The molecule has 1 aromatic heterocycles. The number of hydrogen-bond acceptors (Lipinski definition) is 3. The molecule has 2 aromatic rings. The van der Waals surface area contributed by atoms with Gasteiger partial charge in [-0.25, -0.2) is 0 Å². The van der Waals surface area contributed by atoms with E-state index in [1.54, 1.807) is 0 Å². The molecule has 4 heteroatoms. The molecule has 0 saturated heterocycles. The third-order valence-electron chi connectivity index (χ3n) is 2.42. The molecule has 0 unspecified atom stereocenters. The first-order valence-corrected chi connectivity index (χ1v) is 6.16. The predicted molar refractivity (Wildman–Crippen MR) is 74.9 cm³/mol. The molecule has 3 N–H and O–H groups in total. The molecule has 0 amide bonds. The van der Waals surface area contributed by atoms with E-state index < -0.39 is 0 Å². The highest BCUT2D eigenvalue weighted by atomic mass is 79.9. The van der Waals surface area contributed by atoms with Crippen molar-refractivity contribution in [1.82, 2.24) is 4.98 Å². The van der Waals surface area contributed by atoms with E-state index >= 15 is 0 Å². The van der Waals surface area contributed by atoms with Gasteiger partial charge < -0.3 is 11.1 Å². The number of aryl methyl sites for hydroxylation is 1. The van der Waals surface area contributed by atoms with Crippen molar-refractivity contribution in [3.8, 4) is 0 Å². The first-order valence-electron chi connectivity index (χ1n) is 5.36. The fourth-order valence-corrected chi connectivity index (χ4v) is 1.96. The maximum absolute atomic E-state index is 5.90.